The number of carboxylic acid groups (broad SMARTS) is 1. The van der Waals surface area contributed by atoms with E-state index in [1.807, 2.05) is 48.2 Å². The Morgan fingerprint density at radius 1 is 1.16 bits per heavy atom. The van der Waals surface area contributed by atoms with E-state index in [1.165, 1.54) is 4.90 Å². The first kappa shape index (κ1) is 24.7. The predicted molar refractivity (Wildman–Crippen MR) is 134 cm³/mol. The number of urea groups is 1. The van der Waals surface area contributed by atoms with Gasteiger partial charge in [-0.05, 0) is 67.9 Å². The summed E-state index contributed by atoms with van der Waals surface area (Å²) in [5, 5.41) is 12.0. The van der Waals surface area contributed by atoms with Gasteiger partial charge in [-0.15, -0.1) is 0 Å². The van der Waals surface area contributed by atoms with Crippen LogP contribution in [0.2, 0.25) is 0 Å². The van der Waals surface area contributed by atoms with Crippen molar-refractivity contribution >= 4 is 24.0 Å². The van der Waals surface area contributed by atoms with Gasteiger partial charge in [0, 0.05) is 30.9 Å². The Morgan fingerprint density at radius 3 is 2.81 bits per heavy atom. The molecule has 0 bridgehead atoms. The number of likely N-dealkylation sites (tertiary alicyclic amines) is 1. The van der Waals surface area contributed by atoms with Crippen LogP contribution in [0.5, 0.6) is 11.5 Å². The van der Waals surface area contributed by atoms with E-state index in [0.717, 1.165) is 34.5 Å². The molecule has 2 atom stereocenters. The third-order valence-corrected chi connectivity index (χ3v) is 7.33. The highest BCUT2D eigenvalue weighted by Crippen LogP contribution is 2.36. The number of benzene rings is 2. The van der Waals surface area contributed by atoms with Gasteiger partial charge in [0.25, 0.3) is 0 Å². The van der Waals surface area contributed by atoms with Crippen LogP contribution in [0.25, 0.3) is 0 Å². The number of para-hydroxylation sites is 1. The Hall–Kier alpha value is -3.95. The molecule has 10 heteroatoms. The summed E-state index contributed by atoms with van der Waals surface area (Å²) in [6.45, 7) is 3.86. The molecule has 0 aromatic heterocycles. The number of hydrogen-bond donors (Lipinski definition) is 2. The van der Waals surface area contributed by atoms with Crippen LogP contribution in [0.4, 0.5) is 20.1 Å². The Balaban J connectivity index is 1.32. The van der Waals surface area contributed by atoms with Crippen molar-refractivity contribution < 1.29 is 33.7 Å². The lowest BCUT2D eigenvalue weighted by atomic mass is 9.91. The van der Waals surface area contributed by atoms with Crippen molar-refractivity contribution in [2.75, 3.05) is 31.6 Å². The zero-order valence-electron chi connectivity index (χ0n) is 20.8. The Labute approximate surface area is 215 Å². The Bertz CT molecular complexity index is 1200. The van der Waals surface area contributed by atoms with E-state index >= 15 is 0 Å². The number of carbonyl (C=O) groups excluding carboxylic acids is 2. The van der Waals surface area contributed by atoms with Crippen molar-refractivity contribution in [2.45, 2.75) is 51.1 Å². The molecule has 1 saturated heterocycles. The molecule has 10 nitrogen and oxygen atoms in total. The van der Waals surface area contributed by atoms with Crippen LogP contribution in [0.3, 0.4) is 0 Å². The van der Waals surface area contributed by atoms with Crippen LogP contribution in [0.1, 0.15) is 36.0 Å². The maximum absolute atomic E-state index is 13.1. The highest BCUT2D eigenvalue weighted by Gasteiger charge is 2.37. The van der Waals surface area contributed by atoms with Crippen LogP contribution in [0, 0.1) is 6.92 Å². The number of carbonyl (C=O) groups is 3. The molecule has 0 saturated carbocycles. The van der Waals surface area contributed by atoms with E-state index in [2.05, 4.69) is 10.1 Å². The Kier molecular flexibility index (Phi) is 7.07. The number of fused-ring (bicyclic) bond motifs is 2. The molecule has 3 amide bonds. The van der Waals surface area contributed by atoms with Gasteiger partial charge in [0.05, 0.1) is 0 Å². The summed E-state index contributed by atoms with van der Waals surface area (Å²) in [6, 6.07) is 11.3. The predicted octanol–water partition coefficient (Wildman–Crippen LogP) is 4.44. The van der Waals surface area contributed by atoms with E-state index in [1.54, 1.807) is 0 Å². The number of aryl methyl sites for hydroxylation is 2. The van der Waals surface area contributed by atoms with Crippen molar-refractivity contribution in [1.29, 1.82) is 0 Å². The number of nitrogens with one attached hydrogen (secondary N) is 1. The van der Waals surface area contributed by atoms with Gasteiger partial charge in [0.2, 0.25) is 0 Å². The van der Waals surface area contributed by atoms with E-state index in [-0.39, 0.29) is 18.1 Å². The van der Waals surface area contributed by atoms with Crippen molar-refractivity contribution in [1.82, 2.24) is 9.80 Å². The fourth-order valence-electron chi connectivity index (χ4n) is 5.58. The van der Waals surface area contributed by atoms with Crippen molar-refractivity contribution in [3.63, 3.8) is 0 Å². The molecule has 2 aromatic carbocycles. The summed E-state index contributed by atoms with van der Waals surface area (Å²) in [5.74, 6) is 1.47. The third-order valence-electron chi connectivity index (χ3n) is 7.33. The number of anilines is 1. The van der Waals surface area contributed by atoms with Gasteiger partial charge in [-0.25, -0.2) is 14.4 Å². The second-order valence-corrected chi connectivity index (χ2v) is 9.67. The molecule has 0 radical (unpaired) electrons. The van der Waals surface area contributed by atoms with Crippen molar-refractivity contribution in [2.24, 2.45) is 0 Å². The molecule has 0 spiro atoms. The molecular formula is C27H31N3O7. The normalized spacial score (nSPS) is 20.9. The number of amides is 3. The molecule has 196 valence electrons. The van der Waals surface area contributed by atoms with Crippen LogP contribution in [0.15, 0.2) is 36.4 Å². The number of piperidine rings is 1. The van der Waals surface area contributed by atoms with Gasteiger partial charge in [-0.3, -0.25) is 0 Å². The van der Waals surface area contributed by atoms with Crippen LogP contribution in [-0.2, 0) is 17.6 Å². The lowest BCUT2D eigenvalue weighted by molar-refractivity contribution is 0.0506. The molecule has 3 heterocycles. The minimum absolute atomic E-state index is 0.0878. The van der Waals surface area contributed by atoms with Gasteiger partial charge < -0.3 is 34.4 Å². The lowest BCUT2D eigenvalue weighted by Crippen LogP contribution is -2.54. The quantitative estimate of drug-likeness (QED) is 0.462. The number of ether oxygens (including phenoxy) is 3. The van der Waals surface area contributed by atoms with Crippen LogP contribution >= 0.6 is 0 Å². The monoisotopic (exact) mass is 509 g/mol. The zero-order chi connectivity index (χ0) is 25.9. The average Bonchev–Trinajstić information content (AvgIpc) is 3.05. The topological polar surface area (TPSA) is 118 Å². The fraction of sp³-hybridized carbons (Fsp3) is 0.444. The van der Waals surface area contributed by atoms with Gasteiger partial charge in [-0.1, -0.05) is 24.3 Å². The summed E-state index contributed by atoms with van der Waals surface area (Å²) in [4.78, 5) is 40.1. The largest absolute Gasteiger partial charge is 0.514 e. The van der Waals surface area contributed by atoms with Crippen LogP contribution in [-0.4, -0.2) is 71.6 Å². The van der Waals surface area contributed by atoms with Crippen molar-refractivity contribution in [3.05, 3.63) is 53.1 Å². The highest BCUT2D eigenvalue weighted by molar-refractivity contribution is 5.91. The molecule has 3 aliphatic rings. The molecule has 0 aliphatic carbocycles. The second kappa shape index (κ2) is 10.6. The average molecular weight is 510 g/mol. The van der Waals surface area contributed by atoms with Gasteiger partial charge in [0.1, 0.15) is 13.2 Å². The first-order chi connectivity index (χ1) is 17.9. The first-order valence-electron chi connectivity index (χ1n) is 12.6. The number of hydrogen-bond acceptors (Lipinski definition) is 6. The number of nitrogens with zero attached hydrogens (tertiary/aromatic N) is 2. The molecule has 5 rings (SSSR count). The molecule has 37 heavy (non-hydrogen) atoms. The van der Waals surface area contributed by atoms with Crippen LogP contribution < -0.4 is 14.8 Å². The van der Waals surface area contributed by atoms with Gasteiger partial charge in [0.15, 0.2) is 11.5 Å². The number of rotatable bonds is 4. The van der Waals surface area contributed by atoms with E-state index < -0.39 is 12.2 Å². The fourth-order valence-corrected chi connectivity index (χ4v) is 5.58. The maximum atomic E-state index is 13.1. The van der Waals surface area contributed by atoms with E-state index in [4.69, 9.17) is 14.6 Å². The highest BCUT2D eigenvalue weighted by atomic mass is 16.7. The third kappa shape index (κ3) is 5.42. The minimum atomic E-state index is -1.63. The zero-order valence-corrected chi connectivity index (χ0v) is 20.8. The minimum Gasteiger partial charge on any atom is -0.486 e. The second-order valence-electron chi connectivity index (χ2n) is 9.67. The molecule has 2 aromatic rings. The molecule has 3 aliphatic heterocycles. The maximum Gasteiger partial charge on any atom is 0.514 e. The summed E-state index contributed by atoms with van der Waals surface area (Å²) in [6.07, 6.45) is 0.529. The summed E-state index contributed by atoms with van der Waals surface area (Å²) in [7, 11) is 0. The summed E-state index contributed by atoms with van der Waals surface area (Å²) in [5.41, 5.74) is 3.93. The standard InChI is InChI=1S/C27H31N3O7/c1-17-14-18(15-23-24(17)36-13-12-35-23)6-7-20-16-21(9-11-30(20)26(32)37-27(33)34)29-10-8-19-4-2-3-5-22(19)28-25(29)31/h2-5,14-15,20-21H,6-13,16H2,1H3,(H,28,31)(H,33,34)/t20-,21-/m1/s1. The molecule has 1 fully saturated rings. The van der Waals surface area contributed by atoms with E-state index in [9.17, 15) is 14.4 Å². The first-order valence-corrected chi connectivity index (χ1v) is 12.6. The van der Waals surface area contributed by atoms with Gasteiger partial charge in [-0.2, -0.15) is 0 Å². The lowest BCUT2D eigenvalue weighted by Gasteiger charge is -2.42. The smallest absolute Gasteiger partial charge is 0.486 e. The van der Waals surface area contributed by atoms with Gasteiger partial charge >= 0.3 is 18.3 Å². The summed E-state index contributed by atoms with van der Waals surface area (Å²) >= 11 is 0. The summed E-state index contributed by atoms with van der Waals surface area (Å²) < 4.78 is 16.0. The van der Waals surface area contributed by atoms with Crippen molar-refractivity contribution in [3.8, 4) is 11.5 Å². The SMILES string of the molecule is Cc1cc(CC[C@@H]2C[C@H](N3CCc4ccccc4NC3=O)CCN2C(=O)OC(=O)O)cc2c1OCCO2. The molecule has 2 N–H and O–H groups in total. The molecule has 0 unspecified atom stereocenters. The Morgan fingerprint density at radius 2 is 1.97 bits per heavy atom. The van der Waals surface area contributed by atoms with E-state index in [0.29, 0.717) is 57.7 Å². The molecular weight excluding hydrogens is 478 g/mol.